The lowest BCUT2D eigenvalue weighted by atomic mass is 10.0. The minimum Gasteiger partial charge on any atom is -0.324 e. The summed E-state index contributed by atoms with van der Waals surface area (Å²) in [7, 11) is 0. The first-order valence-electron chi connectivity index (χ1n) is 5.08. The van der Waals surface area contributed by atoms with Gasteiger partial charge in [-0.3, -0.25) is 0 Å². The second kappa shape index (κ2) is 3.51. The van der Waals surface area contributed by atoms with Crippen LogP contribution in [0.4, 0.5) is 0 Å². The molecule has 70 valence electrons. The molecule has 13 heavy (non-hydrogen) atoms. The predicted octanol–water partition coefficient (Wildman–Crippen LogP) is 2.79. The van der Waals surface area contributed by atoms with Crippen LogP contribution in [0.1, 0.15) is 36.4 Å². The number of aryl methyl sites for hydroxylation is 1. The fraction of sp³-hybridized carbons (Fsp3) is 0.500. The van der Waals surface area contributed by atoms with E-state index in [1.807, 2.05) is 0 Å². The summed E-state index contributed by atoms with van der Waals surface area (Å²) in [6, 6.07) is 8.85. The molecule has 0 amide bonds. The molecule has 0 bridgehead atoms. The molecule has 2 rings (SSSR count). The predicted molar refractivity (Wildman–Crippen MR) is 55.4 cm³/mol. The van der Waals surface area contributed by atoms with Crippen LogP contribution in [0, 0.1) is 12.8 Å². The van der Waals surface area contributed by atoms with Gasteiger partial charge >= 0.3 is 0 Å². The molecular formula is C12H17N. The second-order valence-corrected chi connectivity index (χ2v) is 4.20. The summed E-state index contributed by atoms with van der Waals surface area (Å²) < 4.78 is 0. The van der Waals surface area contributed by atoms with Crippen LogP contribution < -0.4 is 5.73 Å². The average molecular weight is 175 g/mol. The zero-order valence-electron chi connectivity index (χ0n) is 8.16. The first-order valence-corrected chi connectivity index (χ1v) is 5.08. The number of hydrogen-bond acceptors (Lipinski definition) is 1. The van der Waals surface area contributed by atoms with Gasteiger partial charge in [0.05, 0.1) is 0 Å². The van der Waals surface area contributed by atoms with Crippen molar-refractivity contribution in [2.45, 2.75) is 32.2 Å². The lowest BCUT2D eigenvalue weighted by Gasteiger charge is -2.11. The zero-order chi connectivity index (χ0) is 9.26. The van der Waals surface area contributed by atoms with E-state index in [1.54, 1.807) is 0 Å². The lowest BCUT2D eigenvalue weighted by molar-refractivity contribution is 0.597. The van der Waals surface area contributed by atoms with E-state index in [2.05, 4.69) is 31.2 Å². The molecule has 1 saturated carbocycles. The average Bonchev–Trinajstić information content (AvgIpc) is 2.89. The van der Waals surface area contributed by atoms with Gasteiger partial charge < -0.3 is 5.73 Å². The summed E-state index contributed by atoms with van der Waals surface area (Å²) in [5, 5.41) is 0. The first kappa shape index (κ1) is 8.76. The topological polar surface area (TPSA) is 26.0 Å². The van der Waals surface area contributed by atoms with Crippen molar-refractivity contribution in [1.82, 2.24) is 0 Å². The van der Waals surface area contributed by atoms with E-state index >= 15 is 0 Å². The van der Waals surface area contributed by atoms with E-state index < -0.39 is 0 Å². The first-order chi connectivity index (χ1) is 6.25. The summed E-state index contributed by atoms with van der Waals surface area (Å²) in [4.78, 5) is 0. The third kappa shape index (κ3) is 2.31. The van der Waals surface area contributed by atoms with Crippen LogP contribution in [0.5, 0.6) is 0 Å². The third-order valence-electron chi connectivity index (χ3n) is 2.79. The number of hydrogen-bond donors (Lipinski definition) is 1. The maximum atomic E-state index is 6.09. The van der Waals surface area contributed by atoms with Gasteiger partial charge in [0.1, 0.15) is 0 Å². The van der Waals surface area contributed by atoms with Gasteiger partial charge in [0.25, 0.3) is 0 Å². The van der Waals surface area contributed by atoms with Crippen molar-refractivity contribution in [1.29, 1.82) is 0 Å². The molecule has 0 aromatic heterocycles. The van der Waals surface area contributed by atoms with Gasteiger partial charge in [-0.1, -0.05) is 42.7 Å². The Morgan fingerprint density at radius 2 is 1.92 bits per heavy atom. The van der Waals surface area contributed by atoms with E-state index in [4.69, 9.17) is 5.73 Å². The van der Waals surface area contributed by atoms with E-state index in [0.717, 1.165) is 5.92 Å². The fourth-order valence-corrected chi connectivity index (χ4v) is 1.66. The third-order valence-corrected chi connectivity index (χ3v) is 2.79. The van der Waals surface area contributed by atoms with Crippen LogP contribution in [0.15, 0.2) is 24.3 Å². The van der Waals surface area contributed by atoms with E-state index in [9.17, 15) is 0 Å². The molecule has 0 radical (unpaired) electrons. The van der Waals surface area contributed by atoms with Gasteiger partial charge in [-0.25, -0.2) is 0 Å². The molecule has 1 aliphatic carbocycles. The molecule has 0 spiro atoms. The van der Waals surface area contributed by atoms with Crippen LogP contribution in [0.2, 0.25) is 0 Å². The molecule has 1 aromatic carbocycles. The molecule has 1 nitrogen and oxygen atoms in total. The van der Waals surface area contributed by atoms with Crippen LogP contribution in [-0.2, 0) is 0 Å². The maximum Gasteiger partial charge on any atom is 0.0297 e. The standard InChI is InChI=1S/C12H17N/c1-9-2-6-11(7-3-9)12(13)8-10-4-5-10/h2-3,6-7,10,12H,4-5,8,13H2,1H3. The van der Waals surface area contributed by atoms with Gasteiger partial charge in [-0.15, -0.1) is 0 Å². The van der Waals surface area contributed by atoms with Crippen LogP contribution in [-0.4, -0.2) is 0 Å². The Hall–Kier alpha value is -0.820. The van der Waals surface area contributed by atoms with Crippen molar-refractivity contribution in [3.8, 4) is 0 Å². The number of benzene rings is 1. The van der Waals surface area contributed by atoms with Gasteiger partial charge in [-0.2, -0.15) is 0 Å². The van der Waals surface area contributed by atoms with Crippen LogP contribution >= 0.6 is 0 Å². The number of rotatable bonds is 3. The molecule has 1 heteroatoms. The molecule has 0 saturated heterocycles. The minimum atomic E-state index is 0.257. The Morgan fingerprint density at radius 3 is 2.46 bits per heavy atom. The smallest absolute Gasteiger partial charge is 0.0297 e. The van der Waals surface area contributed by atoms with Gasteiger partial charge in [-0.05, 0) is 24.8 Å². The summed E-state index contributed by atoms with van der Waals surface area (Å²) in [6.07, 6.45) is 3.95. The second-order valence-electron chi connectivity index (χ2n) is 4.20. The Morgan fingerprint density at radius 1 is 1.31 bits per heavy atom. The largest absolute Gasteiger partial charge is 0.324 e. The highest BCUT2D eigenvalue weighted by atomic mass is 14.6. The monoisotopic (exact) mass is 175 g/mol. The highest BCUT2D eigenvalue weighted by molar-refractivity contribution is 5.23. The van der Waals surface area contributed by atoms with Gasteiger partial charge in [0.2, 0.25) is 0 Å². The van der Waals surface area contributed by atoms with Crippen molar-refractivity contribution in [3.05, 3.63) is 35.4 Å². The quantitative estimate of drug-likeness (QED) is 0.751. The molecule has 1 fully saturated rings. The molecule has 1 aliphatic rings. The van der Waals surface area contributed by atoms with Crippen molar-refractivity contribution in [2.75, 3.05) is 0 Å². The molecule has 1 atom stereocenters. The van der Waals surface area contributed by atoms with E-state index in [0.29, 0.717) is 0 Å². The van der Waals surface area contributed by atoms with E-state index in [-0.39, 0.29) is 6.04 Å². The Kier molecular flexibility index (Phi) is 2.36. The van der Waals surface area contributed by atoms with Crippen molar-refractivity contribution in [2.24, 2.45) is 11.7 Å². The molecular weight excluding hydrogens is 158 g/mol. The molecule has 0 aliphatic heterocycles. The van der Waals surface area contributed by atoms with E-state index in [1.165, 1.54) is 30.4 Å². The van der Waals surface area contributed by atoms with Gasteiger partial charge in [0.15, 0.2) is 0 Å². The van der Waals surface area contributed by atoms with Crippen LogP contribution in [0.3, 0.4) is 0 Å². The summed E-state index contributed by atoms with van der Waals surface area (Å²) >= 11 is 0. The summed E-state index contributed by atoms with van der Waals surface area (Å²) in [5.41, 5.74) is 8.68. The highest BCUT2D eigenvalue weighted by Gasteiger charge is 2.24. The molecule has 2 N–H and O–H groups in total. The van der Waals surface area contributed by atoms with Crippen molar-refractivity contribution >= 4 is 0 Å². The zero-order valence-corrected chi connectivity index (χ0v) is 8.16. The summed E-state index contributed by atoms with van der Waals surface area (Å²) in [5.74, 6) is 0.913. The SMILES string of the molecule is Cc1ccc(C(N)CC2CC2)cc1. The normalized spacial score (nSPS) is 18.6. The molecule has 1 unspecified atom stereocenters. The Bertz CT molecular complexity index is 272. The molecule has 1 aromatic rings. The highest BCUT2D eigenvalue weighted by Crippen LogP contribution is 2.36. The van der Waals surface area contributed by atoms with Crippen molar-refractivity contribution < 1.29 is 0 Å². The maximum absolute atomic E-state index is 6.09. The Balaban J connectivity index is 2.01. The van der Waals surface area contributed by atoms with Crippen LogP contribution in [0.25, 0.3) is 0 Å². The summed E-state index contributed by atoms with van der Waals surface area (Å²) in [6.45, 7) is 2.11. The molecule has 0 heterocycles. The minimum absolute atomic E-state index is 0.257. The number of nitrogens with two attached hydrogens (primary N) is 1. The Labute approximate surface area is 80.0 Å². The lowest BCUT2D eigenvalue weighted by Crippen LogP contribution is -2.10. The van der Waals surface area contributed by atoms with Crippen molar-refractivity contribution in [3.63, 3.8) is 0 Å². The fourth-order valence-electron chi connectivity index (χ4n) is 1.66. The van der Waals surface area contributed by atoms with Gasteiger partial charge in [0, 0.05) is 6.04 Å².